The Labute approximate surface area is 59.1 Å². The van der Waals surface area contributed by atoms with E-state index in [1.54, 1.807) is 0 Å². The zero-order valence-electron chi connectivity index (χ0n) is 8.29. The van der Waals surface area contributed by atoms with Gasteiger partial charge >= 0.3 is 5.97 Å². The molecule has 3 heteroatoms. The van der Waals surface area contributed by atoms with Crippen molar-refractivity contribution in [1.29, 1.82) is 0 Å². The van der Waals surface area contributed by atoms with E-state index in [0.29, 0.717) is 0 Å². The number of carboxylic acids is 1. The van der Waals surface area contributed by atoms with Crippen LogP contribution >= 0.6 is 0 Å². The summed E-state index contributed by atoms with van der Waals surface area (Å²) in [4.78, 5) is 10.3. The van der Waals surface area contributed by atoms with Gasteiger partial charge in [0.15, 0.2) is 0 Å². The largest absolute Gasteiger partial charge is 0.480 e. The number of hydrogen-bond acceptors (Lipinski definition) is 2. The first-order chi connectivity index (χ1) is 5.25. The number of aliphatic carboxylic acids is 1. The van der Waals surface area contributed by atoms with Crippen LogP contribution in [0.2, 0.25) is 0 Å². The van der Waals surface area contributed by atoms with Crippen molar-refractivity contribution >= 4 is 5.97 Å². The van der Waals surface area contributed by atoms with Crippen LogP contribution in [-0.2, 0) is 4.79 Å². The van der Waals surface area contributed by atoms with E-state index < -0.39 is 24.8 Å². The monoisotopic (exact) mass is 134 g/mol. The van der Waals surface area contributed by atoms with E-state index in [4.69, 9.17) is 15.0 Å². The van der Waals surface area contributed by atoms with Crippen molar-refractivity contribution in [3.8, 4) is 0 Å². The summed E-state index contributed by atoms with van der Waals surface area (Å²) in [7, 11) is 0. The topological polar surface area (TPSA) is 63.3 Å². The molecule has 0 aliphatic heterocycles. The highest BCUT2D eigenvalue weighted by Gasteiger charge is 2.11. The van der Waals surface area contributed by atoms with Crippen LogP contribution in [0.5, 0.6) is 0 Å². The first-order valence-electron chi connectivity index (χ1n) is 4.23. The van der Waals surface area contributed by atoms with Gasteiger partial charge in [0.2, 0.25) is 0 Å². The van der Waals surface area contributed by atoms with Crippen LogP contribution < -0.4 is 5.73 Å². The summed E-state index contributed by atoms with van der Waals surface area (Å²) in [6.45, 7) is -0.650. The summed E-state index contributed by atoms with van der Waals surface area (Å²) in [6, 6.07) is -1.08. The second kappa shape index (κ2) is 3.45. The number of carbonyl (C=O) groups is 1. The Kier molecular flexibility index (Phi) is 1.64. The number of nitrogens with two attached hydrogens (primary N) is 1. The molecule has 0 aromatic rings. The predicted octanol–water partition coefficient (Wildman–Crippen LogP) is 0.444. The molecular formula is C6H13NO2. The molecule has 2 atom stereocenters. The first kappa shape index (κ1) is 4.28. The highest BCUT2D eigenvalue weighted by Crippen LogP contribution is 2.01. The van der Waals surface area contributed by atoms with Crippen LogP contribution in [0.25, 0.3) is 0 Å². The van der Waals surface area contributed by atoms with Gasteiger partial charge in [0.1, 0.15) is 6.04 Å². The molecule has 0 fully saturated rings. The lowest BCUT2D eigenvalue weighted by Crippen LogP contribution is -2.31. The minimum Gasteiger partial charge on any atom is -0.480 e. The SMILES string of the molecule is [2H]C([2H])([2H])[C@@H](C)C[C@H](N)C(=O)O. The van der Waals surface area contributed by atoms with E-state index in [0.717, 1.165) is 0 Å². The van der Waals surface area contributed by atoms with Gasteiger partial charge in [-0.15, -0.1) is 0 Å². The second-order valence-electron chi connectivity index (χ2n) is 2.08. The van der Waals surface area contributed by atoms with E-state index >= 15 is 0 Å². The third kappa shape index (κ3) is 3.97. The van der Waals surface area contributed by atoms with E-state index in [9.17, 15) is 4.79 Å². The first-order valence-corrected chi connectivity index (χ1v) is 2.73. The minimum absolute atomic E-state index is 0.0220. The molecule has 0 aromatic heterocycles. The fourth-order valence-electron chi connectivity index (χ4n) is 0.482. The van der Waals surface area contributed by atoms with Crippen LogP contribution in [0.15, 0.2) is 0 Å². The van der Waals surface area contributed by atoms with Gasteiger partial charge in [0.05, 0.1) is 0 Å². The predicted molar refractivity (Wildman–Crippen MR) is 35.1 cm³/mol. The van der Waals surface area contributed by atoms with Gasteiger partial charge in [0.25, 0.3) is 0 Å². The molecule has 0 radical (unpaired) electrons. The zero-order chi connectivity index (χ0) is 9.94. The normalized spacial score (nSPS) is 23.1. The second-order valence-corrected chi connectivity index (χ2v) is 2.08. The molecular weight excluding hydrogens is 118 g/mol. The van der Waals surface area contributed by atoms with Crippen molar-refractivity contribution in [3.63, 3.8) is 0 Å². The maximum atomic E-state index is 10.3. The summed E-state index contributed by atoms with van der Waals surface area (Å²) in [6.07, 6.45) is -0.0220. The molecule has 0 rings (SSSR count). The average Bonchev–Trinajstić information content (AvgIpc) is 1.85. The van der Waals surface area contributed by atoms with Crippen molar-refractivity contribution in [1.82, 2.24) is 0 Å². The van der Waals surface area contributed by atoms with Crippen molar-refractivity contribution in [2.24, 2.45) is 11.7 Å². The zero-order valence-corrected chi connectivity index (χ0v) is 5.29. The average molecular weight is 134 g/mol. The number of hydrogen-bond donors (Lipinski definition) is 2. The Balaban J connectivity index is 4.01. The molecule has 0 aliphatic carbocycles. The van der Waals surface area contributed by atoms with E-state index in [1.165, 1.54) is 6.92 Å². The molecule has 0 saturated carbocycles. The van der Waals surface area contributed by atoms with Gasteiger partial charge in [-0.25, -0.2) is 0 Å². The molecule has 0 amide bonds. The van der Waals surface area contributed by atoms with Crippen molar-refractivity contribution in [2.75, 3.05) is 0 Å². The van der Waals surface area contributed by atoms with Crippen LogP contribution in [0.3, 0.4) is 0 Å². The van der Waals surface area contributed by atoms with Crippen LogP contribution in [0, 0.1) is 5.92 Å². The summed E-state index contributed by atoms with van der Waals surface area (Å²) < 4.78 is 20.9. The van der Waals surface area contributed by atoms with Gasteiger partial charge < -0.3 is 10.8 Å². The van der Waals surface area contributed by atoms with Crippen molar-refractivity contribution < 1.29 is 14.0 Å². The highest BCUT2D eigenvalue weighted by molar-refractivity contribution is 5.72. The standard InChI is InChI=1S/C6H13NO2/c1-4(2)3-5(7)6(8)9/h4-5H,3,7H2,1-2H3,(H,8,9)/t5-/m0/s1/i1D3/t4-,5-. The molecule has 0 spiro atoms. The maximum Gasteiger partial charge on any atom is 0.320 e. The van der Waals surface area contributed by atoms with E-state index in [1.807, 2.05) is 0 Å². The Morgan fingerprint density at radius 3 is 2.89 bits per heavy atom. The van der Waals surface area contributed by atoms with Crippen molar-refractivity contribution in [3.05, 3.63) is 0 Å². The fourth-order valence-corrected chi connectivity index (χ4v) is 0.482. The third-order valence-electron chi connectivity index (χ3n) is 0.925. The molecule has 0 saturated heterocycles. The molecule has 9 heavy (non-hydrogen) atoms. The Hall–Kier alpha value is -0.570. The summed E-state index contributed by atoms with van der Waals surface area (Å²) >= 11 is 0. The maximum absolute atomic E-state index is 10.3. The van der Waals surface area contributed by atoms with E-state index in [2.05, 4.69) is 0 Å². The molecule has 0 unspecified atom stereocenters. The highest BCUT2D eigenvalue weighted by atomic mass is 16.4. The van der Waals surface area contributed by atoms with Crippen LogP contribution in [0.1, 0.15) is 24.3 Å². The molecule has 0 aliphatic rings. The fraction of sp³-hybridized carbons (Fsp3) is 0.833. The van der Waals surface area contributed by atoms with Gasteiger partial charge in [0, 0.05) is 4.11 Å². The molecule has 54 valence electrons. The van der Waals surface area contributed by atoms with Crippen LogP contribution in [-0.4, -0.2) is 17.1 Å². The van der Waals surface area contributed by atoms with Gasteiger partial charge in [-0.3, -0.25) is 4.79 Å². The lowest BCUT2D eigenvalue weighted by Gasteiger charge is -2.07. The summed E-state index contributed by atoms with van der Waals surface area (Å²) in [5.74, 6) is -1.84. The Morgan fingerprint density at radius 1 is 2.00 bits per heavy atom. The molecule has 3 nitrogen and oxygen atoms in total. The lowest BCUT2D eigenvalue weighted by atomic mass is 10.1. The minimum atomic E-state index is -2.12. The van der Waals surface area contributed by atoms with Gasteiger partial charge in [-0.05, 0) is 12.3 Å². The quantitative estimate of drug-likeness (QED) is 0.588. The summed E-state index contributed by atoms with van der Waals surface area (Å²) in [5, 5.41) is 8.39. The molecule has 3 N–H and O–H groups in total. The molecule has 0 bridgehead atoms. The Bertz CT molecular complexity index is 169. The third-order valence-corrected chi connectivity index (χ3v) is 0.925. The van der Waals surface area contributed by atoms with Crippen molar-refractivity contribution in [2.45, 2.75) is 26.2 Å². The lowest BCUT2D eigenvalue weighted by molar-refractivity contribution is -0.138. The number of carboxylic acid groups (broad SMARTS) is 1. The van der Waals surface area contributed by atoms with Crippen LogP contribution in [0.4, 0.5) is 0 Å². The van der Waals surface area contributed by atoms with Gasteiger partial charge in [-0.1, -0.05) is 13.8 Å². The smallest absolute Gasteiger partial charge is 0.320 e. The number of rotatable bonds is 3. The Morgan fingerprint density at radius 2 is 2.56 bits per heavy atom. The summed E-state index contributed by atoms with van der Waals surface area (Å²) in [5.41, 5.74) is 5.16. The van der Waals surface area contributed by atoms with E-state index in [-0.39, 0.29) is 6.42 Å². The molecule has 0 heterocycles. The molecule has 0 aromatic carbocycles. The van der Waals surface area contributed by atoms with Gasteiger partial charge in [-0.2, -0.15) is 0 Å².